The van der Waals surface area contributed by atoms with Gasteiger partial charge in [0.25, 0.3) is 0 Å². The smallest absolute Gasteiger partial charge is 0.0518 e. The van der Waals surface area contributed by atoms with Gasteiger partial charge in [-0.3, -0.25) is 0 Å². The molecule has 0 aliphatic carbocycles. The van der Waals surface area contributed by atoms with E-state index in [1.54, 1.807) is 0 Å². The number of hydrogen-bond acceptors (Lipinski definition) is 1. The van der Waals surface area contributed by atoms with Gasteiger partial charge in [-0.25, -0.2) is 0 Å². The second-order valence-electron chi connectivity index (χ2n) is 4.16. The fourth-order valence-electron chi connectivity index (χ4n) is 1.01. The fourth-order valence-corrected chi connectivity index (χ4v) is 1.01. The van der Waals surface area contributed by atoms with Crippen LogP contribution >= 0.6 is 0 Å². The largest absolute Gasteiger partial charge is 0.379 e. The van der Waals surface area contributed by atoms with Crippen molar-refractivity contribution in [2.75, 3.05) is 6.61 Å². The number of unbranched alkanes of at least 4 members (excludes halogenated alkanes) is 1. The van der Waals surface area contributed by atoms with Crippen LogP contribution < -0.4 is 0 Å². The Morgan fingerprint density at radius 1 is 1.08 bits per heavy atom. The molecule has 78 valence electrons. The summed E-state index contributed by atoms with van der Waals surface area (Å²) in [5.74, 6) is 0.781. The molecule has 0 aromatic rings. The molecule has 1 nitrogen and oxygen atoms in total. The van der Waals surface area contributed by atoms with Gasteiger partial charge in [-0.1, -0.05) is 26.0 Å². The lowest BCUT2D eigenvalue weighted by Gasteiger charge is -2.05. The molecule has 0 saturated heterocycles. The van der Waals surface area contributed by atoms with Gasteiger partial charge in [0.1, 0.15) is 0 Å². The van der Waals surface area contributed by atoms with Gasteiger partial charge in [0, 0.05) is 6.61 Å². The molecule has 0 saturated carbocycles. The van der Waals surface area contributed by atoms with Crippen LogP contribution in [0, 0.1) is 5.92 Å². The standard InChI is InChI=1S/C12H24O/c1-11(2)9-7-5-6-8-10-13-12(3)4/h5,7,11-12H,6,8-10H2,1-4H3/b7-5+. The molecule has 0 amide bonds. The molecular formula is C12H24O. The zero-order valence-corrected chi connectivity index (χ0v) is 9.55. The van der Waals surface area contributed by atoms with Crippen LogP contribution in [0.25, 0.3) is 0 Å². The zero-order chi connectivity index (χ0) is 10.1. The molecule has 0 aliphatic rings. The third-order valence-corrected chi connectivity index (χ3v) is 1.74. The lowest BCUT2D eigenvalue weighted by Crippen LogP contribution is -2.03. The van der Waals surface area contributed by atoms with E-state index in [4.69, 9.17) is 4.74 Å². The molecule has 0 radical (unpaired) electrons. The van der Waals surface area contributed by atoms with Crippen molar-refractivity contribution >= 4 is 0 Å². The number of rotatable bonds is 7. The van der Waals surface area contributed by atoms with Crippen molar-refractivity contribution in [2.24, 2.45) is 5.92 Å². The summed E-state index contributed by atoms with van der Waals surface area (Å²) in [6.45, 7) is 9.53. The summed E-state index contributed by atoms with van der Waals surface area (Å²) >= 11 is 0. The van der Waals surface area contributed by atoms with Crippen LogP contribution in [0.5, 0.6) is 0 Å². The Kier molecular flexibility index (Phi) is 8.11. The van der Waals surface area contributed by atoms with E-state index in [0.29, 0.717) is 6.10 Å². The van der Waals surface area contributed by atoms with E-state index in [0.717, 1.165) is 25.4 Å². The van der Waals surface area contributed by atoms with E-state index in [1.807, 2.05) is 0 Å². The normalized spacial score (nSPS) is 12.2. The minimum Gasteiger partial charge on any atom is -0.379 e. The van der Waals surface area contributed by atoms with Crippen LogP contribution in [0.15, 0.2) is 12.2 Å². The molecule has 0 bridgehead atoms. The monoisotopic (exact) mass is 184 g/mol. The molecular weight excluding hydrogens is 160 g/mol. The highest BCUT2D eigenvalue weighted by molar-refractivity contribution is 4.82. The summed E-state index contributed by atoms with van der Waals surface area (Å²) in [5, 5.41) is 0. The van der Waals surface area contributed by atoms with E-state index in [9.17, 15) is 0 Å². The Bertz CT molecular complexity index is 125. The molecule has 0 unspecified atom stereocenters. The number of ether oxygens (including phenoxy) is 1. The summed E-state index contributed by atoms with van der Waals surface area (Å²) in [7, 11) is 0. The Morgan fingerprint density at radius 2 is 1.77 bits per heavy atom. The maximum Gasteiger partial charge on any atom is 0.0518 e. The Hall–Kier alpha value is -0.300. The number of allylic oxidation sites excluding steroid dienone is 2. The minimum absolute atomic E-state index is 0.375. The molecule has 13 heavy (non-hydrogen) atoms. The molecule has 0 atom stereocenters. The van der Waals surface area contributed by atoms with Crippen LogP contribution in [0.3, 0.4) is 0 Å². The van der Waals surface area contributed by atoms with Crippen LogP contribution in [0.1, 0.15) is 47.0 Å². The molecule has 0 aromatic carbocycles. The van der Waals surface area contributed by atoms with E-state index in [2.05, 4.69) is 39.8 Å². The quantitative estimate of drug-likeness (QED) is 0.432. The molecule has 0 rings (SSSR count). The van der Waals surface area contributed by atoms with Crippen molar-refractivity contribution in [3.8, 4) is 0 Å². The Labute approximate surface area is 83.2 Å². The summed E-state index contributed by atoms with van der Waals surface area (Å²) in [4.78, 5) is 0. The average molecular weight is 184 g/mol. The summed E-state index contributed by atoms with van der Waals surface area (Å²) in [6.07, 6.45) is 8.42. The third-order valence-electron chi connectivity index (χ3n) is 1.74. The van der Waals surface area contributed by atoms with Gasteiger partial charge in [-0.2, -0.15) is 0 Å². The zero-order valence-electron chi connectivity index (χ0n) is 9.55. The average Bonchev–Trinajstić information content (AvgIpc) is 2.01. The maximum absolute atomic E-state index is 5.44. The summed E-state index contributed by atoms with van der Waals surface area (Å²) in [5.41, 5.74) is 0. The molecule has 0 spiro atoms. The van der Waals surface area contributed by atoms with Crippen molar-refractivity contribution < 1.29 is 4.74 Å². The second-order valence-corrected chi connectivity index (χ2v) is 4.16. The molecule has 0 fully saturated rings. The minimum atomic E-state index is 0.375. The highest BCUT2D eigenvalue weighted by Gasteiger charge is 1.91. The lowest BCUT2D eigenvalue weighted by atomic mass is 10.1. The Morgan fingerprint density at radius 3 is 2.31 bits per heavy atom. The highest BCUT2D eigenvalue weighted by atomic mass is 16.5. The van der Waals surface area contributed by atoms with Crippen molar-refractivity contribution in [3.63, 3.8) is 0 Å². The first-order chi connectivity index (χ1) is 6.13. The van der Waals surface area contributed by atoms with E-state index >= 15 is 0 Å². The fraction of sp³-hybridized carbons (Fsp3) is 0.833. The Balaban J connectivity index is 3.11. The van der Waals surface area contributed by atoms with Gasteiger partial charge in [-0.05, 0) is 39.0 Å². The third kappa shape index (κ3) is 11.7. The van der Waals surface area contributed by atoms with E-state index in [1.165, 1.54) is 6.42 Å². The molecule has 0 heterocycles. The van der Waals surface area contributed by atoms with Gasteiger partial charge in [0.15, 0.2) is 0 Å². The van der Waals surface area contributed by atoms with Crippen LogP contribution in [-0.4, -0.2) is 12.7 Å². The second kappa shape index (κ2) is 8.31. The first-order valence-electron chi connectivity index (χ1n) is 5.39. The van der Waals surface area contributed by atoms with Crippen LogP contribution in [-0.2, 0) is 4.74 Å². The first-order valence-corrected chi connectivity index (χ1v) is 5.39. The maximum atomic E-state index is 5.44. The SMILES string of the molecule is CC(C)C/C=C/CCCOC(C)C. The van der Waals surface area contributed by atoms with E-state index in [-0.39, 0.29) is 0 Å². The van der Waals surface area contributed by atoms with Crippen molar-refractivity contribution in [2.45, 2.75) is 53.1 Å². The summed E-state index contributed by atoms with van der Waals surface area (Å²) < 4.78 is 5.44. The molecule has 1 heteroatoms. The number of hydrogen-bond donors (Lipinski definition) is 0. The van der Waals surface area contributed by atoms with Crippen molar-refractivity contribution in [1.82, 2.24) is 0 Å². The van der Waals surface area contributed by atoms with Crippen molar-refractivity contribution in [1.29, 1.82) is 0 Å². The lowest BCUT2D eigenvalue weighted by molar-refractivity contribution is 0.0775. The van der Waals surface area contributed by atoms with Gasteiger partial charge in [0.2, 0.25) is 0 Å². The first kappa shape index (κ1) is 12.7. The predicted octanol–water partition coefficient (Wildman–Crippen LogP) is 3.79. The van der Waals surface area contributed by atoms with E-state index < -0.39 is 0 Å². The topological polar surface area (TPSA) is 9.23 Å². The van der Waals surface area contributed by atoms with Crippen LogP contribution in [0.4, 0.5) is 0 Å². The van der Waals surface area contributed by atoms with Gasteiger partial charge < -0.3 is 4.74 Å². The molecule has 0 N–H and O–H groups in total. The van der Waals surface area contributed by atoms with Gasteiger partial charge in [0.05, 0.1) is 6.10 Å². The molecule has 0 aliphatic heterocycles. The summed E-state index contributed by atoms with van der Waals surface area (Å²) in [6, 6.07) is 0. The van der Waals surface area contributed by atoms with Gasteiger partial charge >= 0.3 is 0 Å². The van der Waals surface area contributed by atoms with Crippen LogP contribution in [0.2, 0.25) is 0 Å². The molecule has 0 aromatic heterocycles. The van der Waals surface area contributed by atoms with Crippen molar-refractivity contribution in [3.05, 3.63) is 12.2 Å². The highest BCUT2D eigenvalue weighted by Crippen LogP contribution is 2.02. The van der Waals surface area contributed by atoms with Gasteiger partial charge in [-0.15, -0.1) is 0 Å². The predicted molar refractivity (Wildman–Crippen MR) is 58.9 cm³/mol.